The van der Waals surface area contributed by atoms with Crippen LogP contribution in [0.3, 0.4) is 0 Å². The second kappa shape index (κ2) is 10.0. The van der Waals surface area contributed by atoms with Gasteiger partial charge in [-0.2, -0.15) is 5.26 Å². The minimum atomic E-state index is -0.688. The molecule has 8 heteroatoms. The van der Waals surface area contributed by atoms with E-state index in [1.807, 2.05) is 73.0 Å². The minimum Gasteiger partial charge on any atom is -0.327 e. The summed E-state index contributed by atoms with van der Waals surface area (Å²) in [4.78, 5) is 25.9. The maximum Gasteiger partial charge on any atom is 0.240 e. The number of anilines is 1. The van der Waals surface area contributed by atoms with E-state index in [9.17, 15) is 10.1 Å². The van der Waals surface area contributed by atoms with Crippen LogP contribution in [0.25, 0.3) is 11.0 Å². The van der Waals surface area contributed by atoms with Crippen LogP contribution in [0.15, 0.2) is 60.8 Å². The van der Waals surface area contributed by atoms with Gasteiger partial charge in [0.15, 0.2) is 0 Å². The van der Waals surface area contributed by atoms with Gasteiger partial charge < -0.3 is 9.88 Å². The van der Waals surface area contributed by atoms with Gasteiger partial charge in [0.1, 0.15) is 11.7 Å². The van der Waals surface area contributed by atoms with E-state index >= 15 is 0 Å². The van der Waals surface area contributed by atoms with Crippen LogP contribution in [0.4, 0.5) is 5.95 Å². The van der Waals surface area contributed by atoms with Crippen molar-refractivity contribution in [1.29, 1.82) is 5.26 Å². The van der Waals surface area contributed by atoms with E-state index in [1.54, 1.807) is 6.20 Å². The van der Waals surface area contributed by atoms with Crippen molar-refractivity contribution < 1.29 is 4.79 Å². The number of hydrogen-bond donors (Lipinski definition) is 2. The van der Waals surface area contributed by atoms with E-state index in [2.05, 4.69) is 26.7 Å². The van der Waals surface area contributed by atoms with Crippen molar-refractivity contribution in [1.82, 2.24) is 24.8 Å². The third-order valence-corrected chi connectivity index (χ3v) is 5.38. The molecule has 0 saturated heterocycles. The smallest absolute Gasteiger partial charge is 0.240 e. The highest BCUT2D eigenvalue weighted by Crippen LogP contribution is 2.28. The van der Waals surface area contributed by atoms with Crippen LogP contribution in [0.1, 0.15) is 35.5 Å². The first-order chi connectivity index (χ1) is 16.1. The maximum absolute atomic E-state index is 12.4. The standard InChI is InChI=1S/C25H25N7O/c1-3-32-21-12-8-7-11-20(21)29-24(32)19(13-26)23-17(2)14-28-25(31-23)30-22(33)16-27-15-18-9-5-4-6-10-18/h4-12,14,19,27H,3,15-16H2,1-2H3,(H,28,30,31,33). The molecule has 33 heavy (non-hydrogen) atoms. The van der Waals surface area contributed by atoms with Crippen molar-refractivity contribution in [2.45, 2.75) is 32.9 Å². The fourth-order valence-corrected chi connectivity index (χ4v) is 3.78. The Bertz CT molecular complexity index is 1310. The van der Waals surface area contributed by atoms with Crippen molar-refractivity contribution in [3.63, 3.8) is 0 Å². The SMILES string of the molecule is CCn1c(C(C#N)c2nc(NC(=O)CNCc3ccccc3)ncc2C)nc2ccccc21. The quantitative estimate of drug-likeness (QED) is 0.435. The van der Waals surface area contributed by atoms with Crippen LogP contribution in [-0.2, 0) is 17.9 Å². The summed E-state index contributed by atoms with van der Waals surface area (Å²) in [6.07, 6.45) is 1.62. The summed E-state index contributed by atoms with van der Waals surface area (Å²) in [7, 11) is 0. The summed E-state index contributed by atoms with van der Waals surface area (Å²) >= 11 is 0. The second-order valence-corrected chi connectivity index (χ2v) is 7.66. The molecule has 1 amide bonds. The summed E-state index contributed by atoms with van der Waals surface area (Å²) in [5.74, 6) is -0.145. The number of para-hydroxylation sites is 2. The Morgan fingerprint density at radius 3 is 2.64 bits per heavy atom. The minimum absolute atomic E-state index is 0.120. The Balaban J connectivity index is 1.53. The molecule has 0 saturated carbocycles. The number of nitriles is 1. The van der Waals surface area contributed by atoms with Gasteiger partial charge in [-0.15, -0.1) is 0 Å². The number of fused-ring (bicyclic) bond motifs is 1. The first kappa shape index (κ1) is 22.1. The molecule has 1 atom stereocenters. The lowest BCUT2D eigenvalue weighted by molar-refractivity contribution is -0.115. The van der Waals surface area contributed by atoms with Gasteiger partial charge in [0.05, 0.1) is 29.3 Å². The number of aryl methyl sites for hydroxylation is 2. The summed E-state index contributed by atoms with van der Waals surface area (Å²) in [6, 6.07) is 20.0. The van der Waals surface area contributed by atoms with E-state index in [4.69, 9.17) is 4.98 Å². The van der Waals surface area contributed by atoms with E-state index in [1.165, 1.54) is 0 Å². The molecular formula is C25H25N7O. The zero-order chi connectivity index (χ0) is 23.2. The van der Waals surface area contributed by atoms with Gasteiger partial charge in [-0.3, -0.25) is 10.1 Å². The number of aromatic nitrogens is 4. The highest BCUT2D eigenvalue weighted by molar-refractivity contribution is 5.90. The van der Waals surface area contributed by atoms with Gasteiger partial charge in [0, 0.05) is 19.3 Å². The topological polar surface area (TPSA) is 109 Å². The average molecular weight is 440 g/mol. The lowest BCUT2D eigenvalue weighted by Gasteiger charge is -2.14. The van der Waals surface area contributed by atoms with Crippen LogP contribution in [-0.4, -0.2) is 32.0 Å². The van der Waals surface area contributed by atoms with Gasteiger partial charge in [-0.25, -0.2) is 15.0 Å². The number of carbonyl (C=O) groups excluding carboxylic acids is 1. The molecule has 0 bridgehead atoms. The van der Waals surface area contributed by atoms with Gasteiger partial charge >= 0.3 is 0 Å². The third kappa shape index (κ3) is 4.89. The second-order valence-electron chi connectivity index (χ2n) is 7.66. The molecular weight excluding hydrogens is 414 g/mol. The molecule has 4 aromatic rings. The summed E-state index contributed by atoms with van der Waals surface area (Å²) < 4.78 is 2.02. The van der Waals surface area contributed by atoms with E-state index in [0.29, 0.717) is 24.6 Å². The van der Waals surface area contributed by atoms with Crippen molar-refractivity contribution in [3.8, 4) is 6.07 Å². The molecule has 0 radical (unpaired) electrons. The van der Waals surface area contributed by atoms with E-state index in [0.717, 1.165) is 22.2 Å². The molecule has 2 aromatic carbocycles. The Morgan fingerprint density at radius 1 is 1.12 bits per heavy atom. The Labute approximate surface area is 192 Å². The molecule has 1 unspecified atom stereocenters. The van der Waals surface area contributed by atoms with Gasteiger partial charge in [-0.05, 0) is 37.1 Å². The number of benzene rings is 2. The molecule has 8 nitrogen and oxygen atoms in total. The number of hydrogen-bond acceptors (Lipinski definition) is 6. The van der Waals surface area contributed by atoms with Crippen LogP contribution >= 0.6 is 0 Å². The van der Waals surface area contributed by atoms with Crippen LogP contribution in [0, 0.1) is 18.3 Å². The molecule has 0 spiro atoms. The Kier molecular flexibility index (Phi) is 6.72. The Hall–Kier alpha value is -4.09. The molecule has 0 aliphatic rings. The number of rotatable bonds is 8. The number of nitrogens with zero attached hydrogens (tertiary/aromatic N) is 5. The number of amides is 1. The molecule has 2 aromatic heterocycles. The van der Waals surface area contributed by atoms with Crippen molar-refractivity contribution >= 4 is 22.9 Å². The van der Waals surface area contributed by atoms with Crippen molar-refractivity contribution in [2.24, 2.45) is 0 Å². The van der Waals surface area contributed by atoms with E-state index < -0.39 is 5.92 Å². The predicted molar refractivity (Wildman–Crippen MR) is 126 cm³/mol. The predicted octanol–water partition coefficient (Wildman–Crippen LogP) is 3.54. The van der Waals surface area contributed by atoms with Gasteiger partial charge in [0.2, 0.25) is 11.9 Å². The largest absolute Gasteiger partial charge is 0.327 e. The molecule has 0 aliphatic carbocycles. The van der Waals surface area contributed by atoms with Crippen LogP contribution < -0.4 is 10.6 Å². The van der Waals surface area contributed by atoms with Gasteiger partial charge in [0.25, 0.3) is 0 Å². The highest BCUT2D eigenvalue weighted by atomic mass is 16.2. The number of carbonyl (C=O) groups is 1. The van der Waals surface area contributed by atoms with Crippen molar-refractivity contribution in [2.75, 3.05) is 11.9 Å². The van der Waals surface area contributed by atoms with Crippen LogP contribution in [0.2, 0.25) is 0 Å². The summed E-state index contributed by atoms with van der Waals surface area (Å²) in [5, 5.41) is 15.9. The van der Waals surface area contributed by atoms with Crippen LogP contribution in [0.5, 0.6) is 0 Å². The number of nitrogens with one attached hydrogen (secondary N) is 2. The molecule has 0 fully saturated rings. The summed E-state index contributed by atoms with van der Waals surface area (Å²) in [5.41, 5.74) is 4.19. The zero-order valence-electron chi connectivity index (χ0n) is 18.6. The average Bonchev–Trinajstić information content (AvgIpc) is 3.20. The molecule has 2 N–H and O–H groups in total. The first-order valence-electron chi connectivity index (χ1n) is 10.8. The molecule has 166 valence electrons. The fourth-order valence-electron chi connectivity index (χ4n) is 3.78. The molecule has 0 aliphatic heterocycles. The number of imidazole rings is 1. The summed E-state index contributed by atoms with van der Waals surface area (Å²) in [6.45, 7) is 5.25. The lowest BCUT2D eigenvalue weighted by Crippen LogP contribution is -2.28. The maximum atomic E-state index is 12.4. The fraction of sp³-hybridized carbons (Fsp3) is 0.240. The highest BCUT2D eigenvalue weighted by Gasteiger charge is 2.25. The lowest BCUT2D eigenvalue weighted by atomic mass is 10.0. The van der Waals surface area contributed by atoms with Gasteiger partial charge in [-0.1, -0.05) is 42.5 Å². The normalized spacial score (nSPS) is 11.8. The van der Waals surface area contributed by atoms with E-state index in [-0.39, 0.29) is 18.4 Å². The monoisotopic (exact) mass is 439 g/mol. The third-order valence-electron chi connectivity index (χ3n) is 5.38. The molecule has 4 rings (SSSR count). The molecule has 2 heterocycles. The first-order valence-corrected chi connectivity index (χ1v) is 10.8. The Morgan fingerprint density at radius 2 is 1.88 bits per heavy atom. The zero-order valence-corrected chi connectivity index (χ0v) is 18.6. The van der Waals surface area contributed by atoms with Crippen molar-refractivity contribution in [3.05, 3.63) is 83.4 Å².